The molecule has 0 aliphatic carbocycles. The lowest BCUT2D eigenvalue weighted by molar-refractivity contribution is 0.100. The van der Waals surface area contributed by atoms with Gasteiger partial charge >= 0.3 is 0 Å². The molecule has 0 fully saturated rings. The third-order valence-corrected chi connectivity index (χ3v) is 3.08. The summed E-state index contributed by atoms with van der Waals surface area (Å²) in [5.41, 5.74) is 12.6. The Morgan fingerprint density at radius 3 is 2.63 bits per heavy atom. The average molecular weight is 321 g/mol. The molecule has 1 aromatic carbocycles. The SMILES string of the molecule is NC(=O)c1cc(N)cnc1NCc1ccc(Br)cc1. The Morgan fingerprint density at radius 1 is 1.32 bits per heavy atom. The van der Waals surface area contributed by atoms with E-state index in [0.717, 1.165) is 10.0 Å². The zero-order valence-electron chi connectivity index (χ0n) is 10.1. The van der Waals surface area contributed by atoms with Gasteiger partial charge in [0, 0.05) is 11.0 Å². The first kappa shape index (κ1) is 13.4. The number of hydrogen-bond donors (Lipinski definition) is 3. The van der Waals surface area contributed by atoms with E-state index in [4.69, 9.17) is 11.5 Å². The molecule has 19 heavy (non-hydrogen) atoms. The molecule has 0 aliphatic rings. The number of aromatic nitrogens is 1. The first-order valence-electron chi connectivity index (χ1n) is 5.60. The number of nitrogens with two attached hydrogens (primary N) is 2. The quantitative estimate of drug-likeness (QED) is 0.804. The molecule has 0 radical (unpaired) electrons. The molecule has 98 valence electrons. The van der Waals surface area contributed by atoms with E-state index >= 15 is 0 Å². The number of nitrogens with zero attached hydrogens (tertiary/aromatic N) is 1. The van der Waals surface area contributed by atoms with E-state index in [0.29, 0.717) is 18.1 Å². The maximum atomic E-state index is 11.3. The van der Waals surface area contributed by atoms with Crippen LogP contribution in [0.5, 0.6) is 0 Å². The van der Waals surface area contributed by atoms with Gasteiger partial charge in [0.15, 0.2) is 0 Å². The fourth-order valence-corrected chi connectivity index (χ4v) is 1.86. The minimum Gasteiger partial charge on any atom is -0.397 e. The molecule has 0 aliphatic heterocycles. The van der Waals surface area contributed by atoms with Crippen molar-refractivity contribution in [3.63, 3.8) is 0 Å². The number of anilines is 2. The standard InChI is InChI=1S/C13H13BrN4O/c14-9-3-1-8(2-4-9)6-17-13-11(12(16)19)5-10(15)7-18-13/h1-5,7H,6,15H2,(H2,16,19)(H,17,18). The summed E-state index contributed by atoms with van der Waals surface area (Å²) in [6.45, 7) is 0.546. The van der Waals surface area contributed by atoms with E-state index in [-0.39, 0.29) is 5.56 Å². The van der Waals surface area contributed by atoms with Crippen LogP contribution < -0.4 is 16.8 Å². The number of benzene rings is 1. The zero-order valence-corrected chi connectivity index (χ0v) is 11.6. The fraction of sp³-hybridized carbons (Fsp3) is 0.0769. The second-order valence-electron chi connectivity index (χ2n) is 4.01. The van der Waals surface area contributed by atoms with Gasteiger partial charge in [0.25, 0.3) is 5.91 Å². The highest BCUT2D eigenvalue weighted by molar-refractivity contribution is 9.10. The summed E-state index contributed by atoms with van der Waals surface area (Å²) >= 11 is 3.37. The minimum atomic E-state index is -0.557. The molecule has 2 aromatic rings. The van der Waals surface area contributed by atoms with Crippen molar-refractivity contribution in [3.8, 4) is 0 Å². The van der Waals surface area contributed by atoms with Crippen molar-refractivity contribution in [1.29, 1.82) is 0 Å². The molecule has 0 spiro atoms. The Kier molecular flexibility index (Phi) is 4.01. The van der Waals surface area contributed by atoms with E-state index in [1.165, 1.54) is 12.3 Å². The van der Waals surface area contributed by atoms with Crippen LogP contribution in [0.3, 0.4) is 0 Å². The van der Waals surface area contributed by atoms with E-state index in [9.17, 15) is 4.79 Å². The molecule has 5 nitrogen and oxygen atoms in total. The first-order chi connectivity index (χ1) is 9.06. The molecule has 1 heterocycles. The monoisotopic (exact) mass is 320 g/mol. The van der Waals surface area contributed by atoms with Crippen molar-refractivity contribution in [2.45, 2.75) is 6.54 Å². The van der Waals surface area contributed by atoms with Gasteiger partial charge in [-0.05, 0) is 23.8 Å². The number of amides is 1. The molecule has 5 N–H and O–H groups in total. The highest BCUT2D eigenvalue weighted by atomic mass is 79.9. The summed E-state index contributed by atoms with van der Waals surface area (Å²) in [5, 5.41) is 3.07. The largest absolute Gasteiger partial charge is 0.397 e. The number of nitrogens with one attached hydrogen (secondary N) is 1. The third-order valence-electron chi connectivity index (χ3n) is 2.55. The van der Waals surface area contributed by atoms with Crippen molar-refractivity contribution in [3.05, 3.63) is 52.1 Å². The van der Waals surface area contributed by atoms with Gasteiger partial charge in [0.1, 0.15) is 5.82 Å². The number of primary amides is 1. The van der Waals surface area contributed by atoms with Crippen molar-refractivity contribution in [1.82, 2.24) is 4.98 Å². The lowest BCUT2D eigenvalue weighted by Crippen LogP contribution is -2.16. The Morgan fingerprint density at radius 2 is 2.00 bits per heavy atom. The van der Waals surface area contributed by atoms with Gasteiger partial charge in [0.05, 0.1) is 17.4 Å². The predicted octanol–water partition coefficient (Wildman–Crippen LogP) is 2.14. The van der Waals surface area contributed by atoms with Gasteiger partial charge in [0.2, 0.25) is 0 Å². The van der Waals surface area contributed by atoms with Crippen molar-refractivity contribution in [2.24, 2.45) is 5.73 Å². The molecular formula is C13H13BrN4O. The summed E-state index contributed by atoms with van der Waals surface area (Å²) in [4.78, 5) is 15.4. The summed E-state index contributed by atoms with van der Waals surface area (Å²) < 4.78 is 1.01. The van der Waals surface area contributed by atoms with Crippen LogP contribution >= 0.6 is 15.9 Å². The number of nitrogen functional groups attached to an aromatic ring is 1. The lowest BCUT2D eigenvalue weighted by atomic mass is 10.2. The van der Waals surface area contributed by atoms with Crippen LogP contribution in [0.4, 0.5) is 11.5 Å². The Bertz CT molecular complexity index is 598. The number of halogens is 1. The second-order valence-corrected chi connectivity index (χ2v) is 4.92. The van der Waals surface area contributed by atoms with Crippen LogP contribution in [0.15, 0.2) is 41.0 Å². The van der Waals surface area contributed by atoms with Crippen LogP contribution in [0.2, 0.25) is 0 Å². The maximum absolute atomic E-state index is 11.3. The van der Waals surface area contributed by atoms with Crippen LogP contribution in [-0.4, -0.2) is 10.9 Å². The van der Waals surface area contributed by atoms with Gasteiger partial charge in [-0.3, -0.25) is 4.79 Å². The Balaban J connectivity index is 2.15. The summed E-state index contributed by atoms with van der Waals surface area (Å²) in [5.74, 6) is -0.122. The van der Waals surface area contributed by atoms with Crippen LogP contribution in [-0.2, 0) is 6.54 Å². The highest BCUT2D eigenvalue weighted by Gasteiger charge is 2.09. The molecule has 1 amide bonds. The number of carbonyl (C=O) groups excluding carboxylic acids is 1. The van der Waals surface area contributed by atoms with Gasteiger partial charge in [-0.1, -0.05) is 28.1 Å². The second kappa shape index (κ2) is 5.71. The maximum Gasteiger partial charge on any atom is 0.252 e. The molecule has 0 bridgehead atoms. The van der Waals surface area contributed by atoms with Gasteiger partial charge in [-0.25, -0.2) is 4.98 Å². The van der Waals surface area contributed by atoms with E-state index < -0.39 is 5.91 Å². The van der Waals surface area contributed by atoms with Crippen LogP contribution in [0.1, 0.15) is 15.9 Å². The molecule has 6 heteroatoms. The molecule has 0 saturated heterocycles. The van der Waals surface area contributed by atoms with Crippen molar-refractivity contribution < 1.29 is 4.79 Å². The van der Waals surface area contributed by atoms with E-state index in [1.807, 2.05) is 24.3 Å². The Hall–Kier alpha value is -2.08. The summed E-state index contributed by atoms with van der Waals surface area (Å²) in [7, 11) is 0. The number of rotatable bonds is 4. The molecular weight excluding hydrogens is 308 g/mol. The molecule has 0 saturated carbocycles. The molecule has 0 unspecified atom stereocenters. The topological polar surface area (TPSA) is 94.0 Å². The van der Waals surface area contributed by atoms with Gasteiger partial charge in [-0.2, -0.15) is 0 Å². The first-order valence-corrected chi connectivity index (χ1v) is 6.39. The smallest absolute Gasteiger partial charge is 0.252 e. The number of hydrogen-bond acceptors (Lipinski definition) is 4. The van der Waals surface area contributed by atoms with Gasteiger partial charge < -0.3 is 16.8 Å². The molecule has 0 atom stereocenters. The summed E-state index contributed by atoms with van der Waals surface area (Å²) in [6.07, 6.45) is 1.48. The van der Waals surface area contributed by atoms with Crippen molar-refractivity contribution >= 4 is 33.3 Å². The third kappa shape index (κ3) is 3.45. The molecule has 1 aromatic heterocycles. The van der Waals surface area contributed by atoms with Crippen LogP contribution in [0, 0.1) is 0 Å². The summed E-state index contributed by atoms with van der Waals surface area (Å²) in [6, 6.07) is 9.35. The predicted molar refractivity (Wildman–Crippen MR) is 78.6 cm³/mol. The molecule has 2 rings (SSSR count). The minimum absolute atomic E-state index is 0.289. The number of carbonyl (C=O) groups is 1. The normalized spacial score (nSPS) is 10.2. The lowest BCUT2D eigenvalue weighted by Gasteiger charge is -2.09. The fourth-order valence-electron chi connectivity index (χ4n) is 1.60. The zero-order chi connectivity index (χ0) is 13.8. The van der Waals surface area contributed by atoms with Gasteiger partial charge in [-0.15, -0.1) is 0 Å². The Labute approximate surface area is 119 Å². The van der Waals surface area contributed by atoms with E-state index in [1.54, 1.807) is 0 Å². The highest BCUT2D eigenvalue weighted by Crippen LogP contribution is 2.16. The van der Waals surface area contributed by atoms with E-state index in [2.05, 4.69) is 26.2 Å². The van der Waals surface area contributed by atoms with Crippen molar-refractivity contribution in [2.75, 3.05) is 11.1 Å². The van der Waals surface area contributed by atoms with Crippen LogP contribution in [0.25, 0.3) is 0 Å². The average Bonchev–Trinajstić information content (AvgIpc) is 2.39. The number of pyridine rings is 1.